The first kappa shape index (κ1) is 15.1. The molecule has 1 atom stereocenters. The van der Waals surface area contributed by atoms with E-state index in [-0.39, 0.29) is 6.61 Å². The predicted octanol–water partition coefficient (Wildman–Crippen LogP) is 2.17. The number of urea groups is 1. The third-order valence-electron chi connectivity index (χ3n) is 3.72. The fourth-order valence-corrected chi connectivity index (χ4v) is 2.79. The zero-order valence-corrected chi connectivity index (χ0v) is 11.1. The average molecular weight is 294 g/mol. The summed E-state index contributed by atoms with van der Waals surface area (Å²) in [5, 5.41) is 1.70. The number of ether oxygens (including phenoxy) is 1. The van der Waals surface area contributed by atoms with Crippen LogP contribution < -0.4 is 5.32 Å². The summed E-state index contributed by atoms with van der Waals surface area (Å²) in [5.74, 6) is -1.34. The molecule has 0 aromatic heterocycles. The number of imide groups is 1. The van der Waals surface area contributed by atoms with Crippen LogP contribution in [-0.2, 0) is 9.53 Å². The largest absolute Gasteiger partial charge is 0.446 e. The molecule has 114 valence electrons. The molecule has 0 radical (unpaired) electrons. The van der Waals surface area contributed by atoms with Crippen molar-refractivity contribution in [3.63, 3.8) is 0 Å². The van der Waals surface area contributed by atoms with E-state index in [9.17, 15) is 22.8 Å². The highest BCUT2D eigenvalue weighted by molar-refractivity contribution is 6.07. The molecule has 1 saturated heterocycles. The van der Waals surface area contributed by atoms with Crippen molar-refractivity contribution in [2.75, 3.05) is 6.61 Å². The van der Waals surface area contributed by atoms with Crippen molar-refractivity contribution < 1.29 is 27.5 Å². The van der Waals surface area contributed by atoms with Crippen LogP contribution in [0.3, 0.4) is 0 Å². The van der Waals surface area contributed by atoms with Crippen LogP contribution in [0.25, 0.3) is 0 Å². The molecule has 20 heavy (non-hydrogen) atoms. The average Bonchev–Trinajstić information content (AvgIpc) is 2.63. The Hall–Kier alpha value is -1.31. The molecule has 2 rings (SSSR count). The summed E-state index contributed by atoms with van der Waals surface area (Å²) in [6.45, 7) is 1.01. The van der Waals surface area contributed by atoms with Gasteiger partial charge >= 0.3 is 17.9 Å². The van der Waals surface area contributed by atoms with Crippen molar-refractivity contribution in [3.8, 4) is 0 Å². The Labute approximate surface area is 114 Å². The number of nitrogens with zero attached hydrogens (tertiary/aromatic N) is 1. The van der Waals surface area contributed by atoms with Crippen LogP contribution in [0.4, 0.5) is 18.0 Å². The molecule has 1 N–H and O–H groups in total. The maximum absolute atomic E-state index is 13.2. The molecule has 2 aliphatic rings. The van der Waals surface area contributed by atoms with E-state index >= 15 is 0 Å². The van der Waals surface area contributed by atoms with Crippen LogP contribution in [0, 0.1) is 0 Å². The molecule has 5 nitrogen and oxygen atoms in total. The van der Waals surface area contributed by atoms with Gasteiger partial charge in [0.25, 0.3) is 5.91 Å². The van der Waals surface area contributed by atoms with Crippen molar-refractivity contribution in [2.45, 2.75) is 57.0 Å². The minimum Gasteiger partial charge on any atom is -0.340 e. The third kappa shape index (κ3) is 2.25. The van der Waals surface area contributed by atoms with E-state index < -0.39 is 29.9 Å². The number of nitrogens with one attached hydrogen (secondary N) is 1. The van der Waals surface area contributed by atoms with Crippen LogP contribution in [0.1, 0.15) is 39.0 Å². The number of carbonyl (C=O) groups is 2. The minimum atomic E-state index is -4.99. The number of halogens is 3. The summed E-state index contributed by atoms with van der Waals surface area (Å²) in [5.41, 5.74) is -3.23. The summed E-state index contributed by atoms with van der Waals surface area (Å²) in [4.78, 5) is 24.7. The van der Waals surface area contributed by atoms with Gasteiger partial charge in [-0.05, 0) is 19.8 Å². The highest BCUT2D eigenvalue weighted by Crippen LogP contribution is 2.38. The number of carbonyl (C=O) groups excluding carboxylic acids is 2. The second-order valence-electron chi connectivity index (χ2n) is 5.01. The van der Waals surface area contributed by atoms with Crippen LogP contribution in [0.5, 0.6) is 0 Å². The van der Waals surface area contributed by atoms with Crippen LogP contribution in [-0.4, -0.2) is 41.4 Å². The molecule has 1 aliphatic carbocycles. The second kappa shape index (κ2) is 5.23. The molecule has 0 bridgehead atoms. The number of hydrogen-bond acceptors (Lipinski definition) is 3. The number of amides is 3. The van der Waals surface area contributed by atoms with E-state index in [0.717, 1.165) is 19.3 Å². The van der Waals surface area contributed by atoms with E-state index in [2.05, 4.69) is 4.74 Å². The van der Waals surface area contributed by atoms with Crippen LogP contribution >= 0.6 is 0 Å². The monoisotopic (exact) mass is 294 g/mol. The Bertz CT molecular complexity index is 407. The molecular weight excluding hydrogens is 277 g/mol. The van der Waals surface area contributed by atoms with Gasteiger partial charge < -0.3 is 4.74 Å². The summed E-state index contributed by atoms with van der Waals surface area (Å²) < 4.78 is 44.2. The van der Waals surface area contributed by atoms with Gasteiger partial charge in [-0.3, -0.25) is 15.0 Å². The lowest BCUT2D eigenvalue weighted by atomic mass is 9.94. The fourth-order valence-electron chi connectivity index (χ4n) is 2.79. The summed E-state index contributed by atoms with van der Waals surface area (Å²) in [6, 6.07) is -1.49. The lowest BCUT2D eigenvalue weighted by Gasteiger charge is -2.31. The second-order valence-corrected chi connectivity index (χ2v) is 5.01. The number of hydrogen-bond donors (Lipinski definition) is 1. The fraction of sp³-hybridized carbons (Fsp3) is 0.833. The Morgan fingerprint density at radius 1 is 1.30 bits per heavy atom. The van der Waals surface area contributed by atoms with Gasteiger partial charge in [-0.1, -0.05) is 19.3 Å². The molecule has 1 heterocycles. The zero-order valence-electron chi connectivity index (χ0n) is 11.1. The van der Waals surface area contributed by atoms with Gasteiger partial charge in [0.2, 0.25) is 0 Å². The first-order valence-electron chi connectivity index (χ1n) is 6.70. The maximum Gasteiger partial charge on any atom is 0.446 e. The normalized spacial score (nSPS) is 28.9. The van der Waals surface area contributed by atoms with Gasteiger partial charge in [0.05, 0.1) is 0 Å². The topological polar surface area (TPSA) is 58.6 Å². The van der Waals surface area contributed by atoms with Gasteiger partial charge in [0.1, 0.15) is 0 Å². The number of alkyl halides is 3. The van der Waals surface area contributed by atoms with E-state index in [1.165, 1.54) is 6.92 Å². The van der Waals surface area contributed by atoms with Crippen LogP contribution in [0.2, 0.25) is 0 Å². The minimum absolute atomic E-state index is 0.329. The van der Waals surface area contributed by atoms with E-state index in [1.807, 2.05) is 0 Å². The standard InChI is InChI=1S/C12H17F3N2O3/c1-2-20-11(12(13,14)15)9(18)17(10(19)16-11)8-6-4-3-5-7-8/h8H,2-7H2,1H3,(H,16,19). The molecule has 0 spiro atoms. The molecular formula is C12H17F3N2O3. The first-order valence-corrected chi connectivity index (χ1v) is 6.70. The van der Waals surface area contributed by atoms with Crippen molar-refractivity contribution in [2.24, 2.45) is 0 Å². The van der Waals surface area contributed by atoms with Gasteiger partial charge in [-0.2, -0.15) is 13.2 Å². The molecule has 8 heteroatoms. The third-order valence-corrected chi connectivity index (χ3v) is 3.72. The maximum atomic E-state index is 13.2. The van der Waals surface area contributed by atoms with Gasteiger partial charge in [-0.25, -0.2) is 4.79 Å². The van der Waals surface area contributed by atoms with Gasteiger partial charge in [0, 0.05) is 12.6 Å². The highest BCUT2D eigenvalue weighted by Gasteiger charge is 2.69. The van der Waals surface area contributed by atoms with Crippen molar-refractivity contribution >= 4 is 11.9 Å². The van der Waals surface area contributed by atoms with E-state index in [0.29, 0.717) is 17.7 Å². The van der Waals surface area contributed by atoms with Crippen molar-refractivity contribution in [3.05, 3.63) is 0 Å². The molecule has 0 aromatic rings. The molecule has 0 aromatic carbocycles. The lowest BCUT2D eigenvalue weighted by molar-refractivity contribution is -0.270. The predicted molar refractivity (Wildman–Crippen MR) is 62.7 cm³/mol. The number of rotatable bonds is 3. The van der Waals surface area contributed by atoms with Gasteiger partial charge in [0.15, 0.2) is 0 Å². The molecule has 1 aliphatic heterocycles. The lowest BCUT2D eigenvalue weighted by Crippen LogP contribution is -2.61. The van der Waals surface area contributed by atoms with E-state index in [1.54, 1.807) is 5.32 Å². The molecule has 1 saturated carbocycles. The Morgan fingerprint density at radius 2 is 1.90 bits per heavy atom. The molecule has 2 fully saturated rings. The summed E-state index contributed by atoms with van der Waals surface area (Å²) in [6.07, 6.45) is -1.33. The summed E-state index contributed by atoms with van der Waals surface area (Å²) in [7, 11) is 0. The van der Waals surface area contributed by atoms with Crippen LogP contribution in [0.15, 0.2) is 0 Å². The smallest absolute Gasteiger partial charge is 0.340 e. The first-order chi connectivity index (χ1) is 9.33. The highest BCUT2D eigenvalue weighted by atomic mass is 19.4. The van der Waals surface area contributed by atoms with Gasteiger partial charge in [-0.15, -0.1) is 0 Å². The quantitative estimate of drug-likeness (QED) is 0.812. The Balaban J connectivity index is 2.30. The summed E-state index contributed by atoms with van der Waals surface area (Å²) >= 11 is 0. The molecule has 1 unspecified atom stereocenters. The SMILES string of the molecule is CCOC1(C(F)(F)F)NC(=O)N(C2CCCCC2)C1=O. The Kier molecular flexibility index (Phi) is 3.95. The van der Waals surface area contributed by atoms with Crippen molar-refractivity contribution in [1.82, 2.24) is 10.2 Å². The zero-order chi connectivity index (χ0) is 15.0. The Morgan fingerprint density at radius 3 is 2.40 bits per heavy atom. The molecule has 3 amide bonds. The van der Waals surface area contributed by atoms with E-state index in [4.69, 9.17) is 0 Å². The van der Waals surface area contributed by atoms with Crippen molar-refractivity contribution in [1.29, 1.82) is 0 Å².